The van der Waals surface area contributed by atoms with Gasteiger partial charge in [-0.25, -0.2) is 0 Å². The summed E-state index contributed by atoms with van der Waals surface area (Å²) in [7, 11) is 0. The molecule has 7 N–H and O–H groups in total. The summed E-state index contributed by atoms with van der Waals surface area (Å²) >= 11 is 0. The van der Waals surface area contributed by atoms with Gasteiger partial charge in [-0.1, -0.05) is 6.42 Å². The Kier molecular flexibility index (Phi) is 11.6. The van der Waals surface area contributed by atoms with Crippen LogP contribution in [0.5, 0.6) is 0 Å². The Morgan fingerprint density at radius 3 is 2.33 bits per heavy atom. The van der Waals surface area contributed by atoms with Gasteiger partial charge in [0.05, 0.1) is 13.2 Å². The van der Waals surface area contributed by atoms with Crippen LogP contribution in [0.2, 0.25) is 0 Å². The minimum Gasteiger partial charge on any atom is -0.394 e. The normalized spacial score (nSPS) is 16.5. The van der Waals surface area contributed by atoms with Crippen LogP contribution in [0.25, 0.3) is 0 Å². The van der Waals surface area contributed by atoms with Crippen molar-refractivity contribution in [3.63, 3.8) is 0 Å². The standard InChI is InChI=1S/C11H26N2O5/c12-4-2-1-3-5-13-6-11(17)18-10(8-15)9(16)7-14/h9-11,13-17H,1-8,12H2. The average Bonchev–Trinajstić information content (AvgIpc) is 2.39. The molecule has 7 heteroatoms. The van der Waals surface area contributed by atoms with E-state index < -0.39 is 31.7 Å². The van der Waals surface area contributed by atoms with Gasteiger partial charge in [-0.15, -0.1) is 0 Å². The largest absolute Gasteiger partial charge is 0.394 e. The molecule has 0 aromatic carbocycles. The van der Waals surface area contributed by atoms with Crippen molar-refractivity contribution in [2.24, 2.45) is 5.73 Å². The molecule has 0 heterocycles. The maximum absolute atomic E-state index is 9.49. The van der Waals surface area contributed by atoms with Crippen LogP contribution in [0.4, 0.5) is 0 Å². The predicted octanol–water partition coefficient (Wildman–Crippen LogP) is -2.25. The summed E-state index contributed by atoms with van der Waals surface area (Å²) in [4.78, 5) is 0. The fourth-order valence-corrected chi connectivity index (χ4v) is 1.42. The van der Waals surface area contributed by atoms with Crippen LogP contribution in [-0.4, -0.2) is 71.8 Å². The summed E-state index contributed by atoms with van der Waals surface area (Å²) in [5.41, 5.74) is 5.35. The van der Waals surface area contributed by atoms with Gasteiger partial charge in [0.1, 0.15) is 12.2 Å². The van der Waals surface area contributed by atoms with Crippen LogP contribution in [0.1, 0.15) is 19.3 Å². The Labute approximate surface area is 108 Å². The molecule has 3 atom stereocenters. The van der Waals surface area contributed by atoms with E-state index in [0.717, 1.165) is 25.8 Å². The quantitative estimate of drug-likeness (QED) is 0.174. The summed E-state index contributed by atoms with van der Waals surface area (Å²) in [5.74, 6) is 0. The second-order valence-corrected chi connectivity index (χ2v) is 4.12. The minimum atomic E-state index is -1.20. The first kappa shape index (κ1) is 17.7. The molecule has 0 aromatic rings. The molecular formula is C11H26N2O5. The van der Waals surface area contributed by atoms with E-state index in [4.69, 9.17) is 20.7 Å². The zero-order valence-corrected chi connectivity index (χ0v) is 10.7. The molecular weight excluding hydrogens is 240 g/mol. The van der Waals surface area contributed by atoms with Crippen molar-refractivity contribution >= 4 is 0 Å². The molecule has 7 nitrogen and oxygen atoms in total. The SMILES string of the molecule is NCCCCCNCC(O)OC(CO)C(O)CO. The van der Waals surface area contributed by atoms with Crippen molar-refractivity contribution in [3.05, 3.63) is 0 Å². The number of hydrogen-bond acceptors (Lipinski definition) is 7. The first-order valence-corrected chi connectivity index (χ1v) is 6.29. The highest BCUT2D eigenvalue weighted by molar-refractivity contribution is 4.67. The lowest BCUT2D eigenvalue weighted by Crippen LogP contribution is -2.41. The topological polar surface area (TPSA) is 128 Å². The van der Waals surface area contributed by atoms with Gasteiger partial charge in [-0.2, -0.15) is 0 Å². The molecule has 0 aliphatic carbocycles. The smallest absolute Gasteiger partial charge is 0.167 e. The van der Waals surface area contributed by atoms with Gasteiger partial charge in [-0.05, 0) is 25.9 Å². The molecule has 0 aromatic heterocycles. The van der Waals surface area contributed by atoms with E-state index in [0.29, 0.717) is 6.54 Å². The van der Waals surface area contributed by atoms with Gasteiger partial charge in [-0.3, -0.25) is 0 Å². The van der Waals surface area contributed by atoms with Crippen molar-refractivity contribution < 1.29 is 25.2 Å². The number of rotatable bonds is 12. The van der Waals surface area contributed by atoms with Gasteiger partial charge >= 0.3 is 0 Å². The van der Waals surface area contributed by atoms with Gasteiger partial charge in [0.25, 0.3) is 0 Å². The highest BCUT2D eigenvalue weighted by atomic mass is 16.6. The molecule has 3 unspecified atom stereocenters. The number of nitrogens with two attached hydrogens (primary N) is 1. The van der Waals surface area contributed by atoms with Gasteiger partial charge in [0, 0.05) is 6.54 Å². The van der Waals surface area contributed by atoms with Crippen LogP contribution in [0, 0.1) is 0 Å². The lowest BCUT2D eigenvalue weighted by atomic mass is 10.2. The summed E-state index contributed by atoms with van der Waals surface area (Å²) in [6, 6.07) is 0. The molecule has 0 radical (unpaired) electrons. The molecule has 0 saturated heterocycles. The molecule has 0 spiro atoms. The molecule has 0 aliphatic rings. The Bertz CT molecular complexity index is 185. The number of hydrogen-bond donors (Lipinski definition) is 6. The molecule has 0 amide bonds. The van der Waals surface area contributed by atoms with Crippen LogP contribution in [0.3, 0.4) is 0 Å². The summed E-state index contributed by atoms with van der Waals surface area (Å²) in [5, 5.41) is 39.3. The van der Waals surface area contributed by atoms with E-state index in [1.54, 1.807) is 0 Å². The number of ether oxygens (including phenoxy) is 1. The maximum Gasteiger partial charge on any atom is 0.167 e. The summed E-state index contributed by atoms with van der Waals surface area (Å²) in [6.45, 7) is 0.646. The Balaban J connectivity index is 3.59. The van der Waals surface area contributed by atoms with Crippen LogP contribution >= 0.6 is 0 Å². The third-order valence-corrected chi connectivity index (χ3v) is 2.50. The predicted molar refractivity (Wildman–Crippen MR) is 66.8 cm³/mol. The zero-order valence-electron chi connectivity index (χ0n) is 10.7. The number of unbranched alkanes of at least 4 members (excludes halogenated alkanes) is 2. The molecule has 110 valence electrons. The van der Waals surface area contributed by atoms with E-state index in [1.165, 1.54) is 0 Å². The lowest BCUT2D eigenvalue weighted by molar-refractivity contribution is -0.178. The van der Waals surface area contributed by atoms with Gasteiger partial charge in [0.15, 0.2) is 6.29 Å². The number of aliphatic hydroxyl groups is 4. The maximum atomic E-state index is 9.49. The van der Waals surface area contributed by atoms with E-state index >= 15 is 0 Å². The third-order valence-electron chi connectivity index (χ3n) is 2.50. The van der Waals surface area contributed by atoms with E-state index in [2.05, 4.69) is 5.32 Å². The van der Waals surface area contributed by atoms with E-state index in [1.807, 2.05) is 0 Å². The first-order chi connectivity index (χ1) is 8.65. The average molecular weight is 266 g/mol. The highest BCUT2D eigenvalue weighted by Crippen LogP contribution is 2.01. The number of aliphatic hydroxyl groups excluding tert-OH is 4. The van der Waals surface area contributed by atoms with Crippen LogP contribution in [-0.2, 0) is 4.74 Å². The van der Waals surface area contributed by atoms with Gasteiger partial charge < -0.3 is 36.2 Å². The third kappa shape index (κ3) is 8.76. The Hall–Kier alpha value is -0.280. The van der Waals surface area contributed by atoms with Crippen LogP contribution in [0.15, 0.2) is 0 Å². The second-order valence-electron chi connectivity index (χ2n) is 4.12. The molecule has 0 rings (SSSR count). The van der Waals surface area contributed by atoms with Crippen molar-refractivity contribution in [3.8, 4) is 0 Å². The van der Waals surface area contributed by atoms with E-state index in [-0.39, 0.29) is 6.54 Å². The zero-order chi connectivity index (χ0) is 13.8. The van der Waals surface area contributed by atoms with Crippen molar-refractivity contribution in [1.29, 1.82) is 0 Å². The van der Waals surface area contributed by atoms with Crippen molar-refractivity contribution in [1.82, 2.24) is 5.32 Å². The molecule has 0 fully saturated rings. The van der Waals surface area contributed by atoms with Crippen LogP contribution < -0.4 is 11.1 Å². The molecule has 18 heavy (non-hydrogen) atoms. The highest BCUT2D eigenvalue weighted by Gasteiger charge is 2.21. The van der Waals surface area contributed by atoms with Crippen molar-refractivity contribution in [2.75, 3.05) is 32.8 Å². The van der Waals surface area contributed by atoms with Gasteiger partial charge in [0.2, 0.25) is 0 Å². The Morgan fingerprint density at radius 2 is 1.78 bits per heavy atom. The summed E-state index contributed by atoms with van der Waals surface area (Å²) < 4.78 is 4.99. The van der Waals surface area contributed by atoms with E-state index in [9.17, 15) is 10.2 Å². The fraction of sp³-hybridized carbons (Fsp3) is 1.00. The minimum absolute atomic E-state index is 0.206. The Morgan fingerprint density at radius 1 is 1.06 bits per heavy atom. The van der Waals surface area contributed by atoms with Crippen molar-refractivity contribution in [2.45, 2.75) is 37.8 Å². The summed E-state index contributed by atoms with van der Waals surface area (Å²) in [6.07, 6.45) is -0.331. The molecule has 0 saturated carbocycles. The first-order valence-electron chi connectivity index (χ1n) is 6.29. The molecule has 0 bridgehead atoms. The monoisotopic (exact) mass is 266 g/mol. The number of nitrogens with one attached hydrogen (secondary N) is 1. The molecule has 0 aliphatic heterocycles. The lowest BCUT2D eigenvalue weighted by Gasteiger charge is -2.23. The second kappa shape index (κ2) is 11.8. The fourth-order valence-electron chi connectivity index (χ4n) is 1.42.